The molecule has 0 unspecified atom stereocenters. The second kappa shape index (κ2) is 12.0. The molecule has 38 heavy (non-hydrogen) atoms. The lowest BCUT2D eigenvalue weighted by Crippen LogP contribution is -2.30. The standard InChI is InChI=1S/C24H22BN5O8/c31-20(12-37-13-21(32)33)28-19-9-8-18(22-23(19)30-38-29-22)27-17-7-2-1-6-16(17)24(34)26-11-14-4-3-5-15(10-14)25(35)36/h1-10,27,35-36H,11-13H2,(H,26,34)(H,28,31)(H,32,33). The summed E-state index contributed by atoms with van der Waals surface area (Å²) in [6.07, 6.45) is 0. The van der Waals surface area contributed by atoms with E-state index in [0.717, 1.165) is 0 Å². The number of hydrogen-bond donors (Lipinski definition) is 6. The van der Waals surface area contributed by atoms with E-state index in [1.165, 1.54) is 0 Å². The highest BCUT2D eigenvalue weighted by Crippen LogP contribution is 2.30. The summed E-state index contributed by atoms with van der Waals surface area (Å²) in [6, 6.07) is 16.5. The number of ether oxygens (including phenoxy) is 1. The van der Waals surface area contributed by atoms with Crippen LogP contribution in [0.2, 0.25) is 0 Å². The Balaban J connectivity index is 1.48. The van der Waals surface area contributed by atoms with E-state index < -0.39 is 32.2 Å². The molecular formula is C24H22BN5O8. The molecule has 194 valence electrons. The summed E-state index contributed by atoms with van der Waals surface area (Å²) in [5.41, 5.74) is 3.05. The molecule has 2 amide bonds. The maximum absolute atomic E-state index is 13.0. The van der Waals surface area contributed by atoms with Crippen LogP contribution in [-0.2, 0) is 20.9 Å². The number of carboxylic acid groups (broad SMARTS) is 1. The van der Waals surface area contributed by atoms with Crippen molar-refractivity contribution in [2.75, 3.05) is 23.8 Å². The second-order valence-electron chi connectivity index (χ2n) is 8.03. The number of aliphatic carboxylic acids is 1. The molecule has 0 saturated carbocycles. The van der Waals surface area contributed by atoms with Gasteiger partial charge in [0, 0.05) is 6.54 Å². The summed E-state index contributed by atoms with van der Waals surface area (Å²) >= 11 is 0. The normalized spacial score (nSPS) is 10.7. The van der Waals surface area contributed by atoms with Crippen molar-refractivity contribution in [3.8, 4) is 0 Å². The smallest absolute Gasteiger partial charge is 0.480 e. The molecule has 0 bridgehead atoms. The quantitative estimate of drug-likeness (QED) is 0.152. The van der Waals surface area contributed by atoms with Gasteiger partial charge < -0.3 is 35.8 Å². The third-order valence-corrected chi connectivity index (χ3v) is 5.29. The van der Waals surface area contributed by atoms with E-state index in [2.05, 4.69) is 26.3 Å². The maximum atomic E-state index is 13.0. The first-order chi connectivity index (χ1) is 18.3. The Kier molecular flexibility index (Phi) is 8.28. The van der Waals surface area contributed by atoms with Crippen molar-refractivity contribution in [2.24, 2.45) is 0 Å². The number of rotatable bonds is 11. The second-order valence-corrected chi connectivity index (χ2v) is 8.03. The van der Waals surface area contributed by atoms with Gasteiger partial charge in [-0.2, -0.15) is 0 Å². The summed E-state index contributed by atoms with van der Waals surface area (Å²) in [7, 11) is -1.61. The average Bonchev–Trinajstić information content (AvgIpc) is 3.40. The highest BCUT2D eigenvalue weighted by molar-refractivity contribution is 6.58. The molecule has 0 aliphatic rings. The maximum Gasteiger partial charge on any atom is 0.488 e. The van der Waals surface area contributed by atoms with Gasteiger partial charge in [0.1, 0.15) is 13.2 Å². The lowest BCUT2D eigenvalue weighted by atomic mass is 9.79. The minimum atomic E-state index is -1.61. The van der Waals surface area contributed by atoms with Crippen molar-refractivity contribution in [1.82, 2.24) is 15.6 Å². The molecule has 0 spiro atoms. The number of para-hydroxylation sites is 1. The molecule has 14 heteroatoms. The predicted octanol–water partition coefficient (Wildman–Crippen LogP) is 0.616. The fourth-order valence-electron chi connectivity index (χ4n) is 3.56. The highest BCUT2D eigenvalue weighted by Gasteiger charge is 2.17. The van der Waals surface area contributed by atoms with E-state index in [0.29, 0.717) is 28.0 Å². The van der Waals surface area contributed by atoms with Crippen LogP contribution in [0.25, 0.3) is 11.0 Å². The van der Waals surface area contributed by atoms with Gasteiger partial charge in [-0.05, 0) is 45.6 Å². The Hall–Kier alpha value is -4.79. The van der Waals surface area contributed by atoms with Crippen LogP contribution < -0.4 is 21.4 Å². The van der Waals surface area contributed by atoms with Crippen LogP contribution in [0.15, 0.2) is 65.3 Å². The van der Waals surface area contributed by atoms with Gasteiger partial charge in [0.25, 0.3) is 5.91 Å². The lowest BCUT2D eigenvalue weighted by molar-refractivity contribution is -0.143. The number of nitrogens with one attached hydrogen (secondary N) is 3. The van der Waals surface area contributed by atoms with E-state index in [4.69, 9.17) is 14.5 Å². The molecule has 3 aromatic carbocycles. The Bertz CT molecular complexity index is 1480. The number of carboxylic acids is 1. The Labute approximate surface area is 215 Å². The molecule has 0 aliphatic carbocycles. The van der Waals surface area contributed by atoms with Crippen LogP contribution >= 0.6 is 0 Å². The minimum absolute atomic E-state index is 0.162. The number of hydrogen-bond acceptors (Lipinski definition) is 10. The van der Waals surface area contributed by atoms with Gasteiger partial charge in [0.05, 0.1) is 22.6 Å². The van der Waals surface area contributed by atoms with Gasteiger partial charge >= 0.3 is 13.1 Å². The number of anilines is 3. The molecule has 13 nitrogen and oxygen atoms in total. The van der Waals surface area contributed by atoms with Gasteiger partial charge in [-0.3, -0.25) is 9.59 Å². The van der Waals surface area contributed by atoms with E-state index in [1.54, 1.807) is 60.7 Å². The van der Waals surface area contributed by atoms with Gasteiger partial charge in [-0.1, -0.05) is 36.4 Å². The Morgan fingerprint density at radius 3 is 2.39 bits per heavy atom. The van der Waals surface area contributed by atoms with Crippen LogP contribution in [0.1, 0.15) is 15.9 Å². The van der Waals surface area contributed by atoms with Gasteiger partial charge in [-0.25, -0.2) is 9.42 Å². The summed E-state index contributed by atoms with van der Waals surface area (Å²) in [6.45, 7) is -0.912. The number of carbonyl (C=O) groups is 3. The Morgan fingerprint density at radius 2 is 1.63 bits per heavy atom. The number of benzene rings is 3. The molecule has 1 aromatic heterocycles. The third-order valence-electron chi connectivity index (χ3n) is 5.29. The van der Waals surface area contributed by atoms with Crippen molar-refractivity contribution in [2.45, 2.75) is 6.54 Å². The molecule has 6 N–H and O–H groups in total. The zero-order valence-corrected chi connectivity index (χ0v) is 19.7. The van der Waals surface area contributed by atoms with E-state index >= 15 is 0 Å². The molecule has 0 radical (unpaired) electrons. The molecule has 4 rings (SSSR count). The molecule has 0 fully saturated rings. The van der Waals surface area contributed by atoms with Crippen LogP contribution in [-0.4, -0.2) is 63.6 Å². The van der Waals surface area contributed by atoms with E-state index in [1.807, 2.05) is 0 Å². The van der Waals surface area contributed by atoms with Crippen molar-refractivity contribution < 1.29 is 38.9 Å². The monoisotopic (exact) mass is 519 g/mol. The number of fused-ring (bicyclic) bond motifs is 1. The fourth-order valence-corrected chi connectivity index (χ4v) is 3.56. The third kappa shape index (κ3) is 6.50. The number of aromatic nitrogens is 2. The van der Waals surface area contributed by atoms with Crippen LogP contribution in [0, 0.1) is 0 Å². The molecule has 4 aromatic rings. The molecule has 0 atom stereocenters. The fraction of sp³-hybridized carbons (Fsp3) is 0.125. The number of amides is 2. The van der Waals surface area contributed by atoms with Crippen molar-refractivity contribution in [1.29, 1.82) is 0 Å². The van der Waals surface area contributed by atoms with Crippen molar-refractivity contribution in [3.05, 3.63) is 71.8 Å². The summed E-state index contributed by atoms with van der Waals surface area (Å²) < 4.78 is 9.64. The molecule has 1 heterocycles. The van der Waals surface area contributed by atoms with Crippen LogP contribution in [0.4, 0.5) is 17.1 Å². The summed E-state index contributed by atoms with van der Waals surface area (Å²) in [4.78, 5) is 35.6. The molecular weight excluding hydrogens is 497 g/mol. The van der Waals surface area contributed by atoms with Crippen LogP contribution in [0.3, 0.4) is 0 Å². The van der Waals surface area contributed by atoms with E-state index in [9.17, 15) is 24.4 Å². The SMILES string of the molecule is O=C(O)COCC(=O)Nc1ccc(Nc2ccccc2C(=O)NCc2cccc(B(O)O)c2)c2nonc12. The summed E-state index contributed by atoms with van der Waals surface area (Å²) in [5.74, 6) is -2.15. The Morgan fingerprint density at radius 1 is 0.895 bits per heavy atom. The zero-order chi connectivity index (χ0) is 27.1. The van der Waals surface area contributed by atoms with Crippen molar-refractivity contribution in [3.63, 3.8) is 0 Å². The predicted molar refractivity (Wildman–Crippen MR) is 136 cm³/mol. The van der Waals surface area contributed by atoms with Gasteiger partial charge in [-0.15, -0.1) is 0 Å². The molecule has 0 aliphatic heterocycles. The first-order valence-corrected chi connectivity index (χ1v) is 11.3. The largest absolute Gasteiger partial charge is 0.488 e. The van der Waals surface area contributed by atoms with Crippen LogP contribution in [0.5, 0.6) is 0 Å². The zero-order valence-electron chi connectivity index (χ0n) is 19.7. The van der Waals surface area contributed by atoms with E-state index in [-0.39, 0.29) is 29.2 Å². The van der Waals surface area contributed by atoms with Crippen molar-refractivity contribution >= 4 is 58.5 Å². The average molecular weight is 519 g/mol. The topological polar surface area (TPSA) is 196 Å². The first kappa shape index (κ1) is 26.3. The van der Waals surface area contributed by atoms with Gasteiger partial charge in [0.2, 0.25) is 5.91 Å². The first-order valence-electron chi connectivity index (χ1n) is 11.3. The highest BCUT2D eigenvalue weighted by atomic mass is 16.6. The number of carbonyl (C=O) groups excluding carboxylic acids is 2. The van der Waals surface area contributed by atoms with Gasteiger partial charge in [0.15, 0.2) is 11.0 Å². The molecule has 0 saturated heterocycles. The number of nitrogens with zero attached hydrogens (tertiary/aromatic N) is 2. The summed E-state index contributed by atoms with van der Waals surface area (Å²) in [5, 5.41) is 43.5. The minimum Gasteiger partial charge on any atom is -0.480 e. The lowest BCUT2D eigenvalue weighted by Gasteiger charge is -2.13.